The summed E-state index contributed by atoms with van der Waals surface area (Å²) in [5.74, 6) is -0.375. The van der Waals surface area contributed by atoms with Crippen molar-refractivity contribution in [1.29, 1.82) is 0 Å². The summed E-state index contributed by atoms with van der Waals surface area (Å²) in [5.41, 5.74) is -1.34. The first-order valence-corrected chi connectivity index (χ1v) is 9.55. The highest BCUT2D eigenvalue weighted by Gasteiger charge is 2.41. The number of nitrogens with one attached hydrogen (secondary N) is 1. The molecule has 2 N–H and O–H groups in total. The topological polar surface area (TPSA) is 80.0 Å². The van der Waals surface area contributed by atoms with E-state index in [0.29, 0.717) is 5.52 Å². The smallest absolute Gasteiger partial charge is 0.390 e. The van der Waals surface area contributed by atoms with Crippen molar-refractivity contribution in [2.24, 2.45) is 0 Å². The number of amides is 1. The highest BCUT2D eigenvalue weighted by Crippen LogP contribution is 2.47. The average Bonchev–Trinajstić information content (AvgIpc) is 3.27. The summed E-state index contributed by atoms with van der Waals surface area (Å²) in [5, 5.41) is 12.5. The van der Waals surface area contributed by atoms with Crippen LogP contribution >= 0.6 is 0 Å². The molecular weight excluding hydrogens is 373 g/mol. The predicted octanol–water partition coefficient (Wildman–Crippen LogP) is 4.15. The van der Waals surface area contributed by atoms with E-state index in [1.807, 2.05) is 0 Å². The van der Waals surface area contributed by atoms with Gasteiger partial charge in [-0.3, -0.25) is 14.7 Å². The Morgan fingerprint density at radius 1 is 1.25 bits per heavy atom. The Hall–Kier alpha value is -2.16. The number of hydrogen-bond acceptors (Lipinski definition) is 4. The van der Waals surface area contributed by atoms with Crippen LogP contribution < -0.4 is 5.32 Å². The molecule has 2 aliphatic rings. The molecule has 2 fully saturated rings. The van der Waals surface area contributed by atoms with Gasteiger partial charge in [-0.05, 0) is 63.5 Å². The molecule has 0 aromatic carbocycles. The van der Waals surface area contributed by atoms with Gasteiger partial charge >= 0.3 is 6.18 Å². The number of rotatable bonds is 5. The first-order chi connectivity index (χ1) is 13.0. The maximum Gasteiger partial charge on any atom is 0.433 e. The van der Waals surface area contributed by atoms with E-state index in [0.717, 1.165) is 32.1 Å². The van der Waals surface area contributed by atoms with Crippen molar-refractivity contribution in [2.75, 3.05) is 5.32 Å². The first-order valence-electron chi connectivity index (χ1n) is 9.55. The van der Waals surface area contributed by atoms with Crippen molar-refractivity contribution in [3.05, 3.63) is 17.3 Å². The van der Waals surface area contributed by atoms with E-state index in [4.69, 9.17) is 0 Å². The zero-order valence-corrected chi connectivity index (χ0v) is 15.8. The standard InChI is InChI=1S/C19H23F3N4O2/c1-18(2,28)9-14(27)24-17-23-13-8-12(10-6-7-10)15(19(20,21)22)25-16(13)26(17)11-4-3-5-11/h8,10-11,28H,3-7,9H2,1-2H3,(H,23,24,27). The molecule has 0 aliphatic heterocycles. The Bertz CT molecular complexity index is 922. The van der Waals surface area contributed by atoms with E-state index in [1.54, 1.807) is 4.57 Å². The van der Waals surface area contributed by atoms with Crippen LogP contribution in [0.5, 0.6) is 0 Å². The van der Waals surface area contributed by atoms with Crippen molar-refractivity contribution < 1.29 is 23.1 Å². The predicted molar refractivity (Wildman–Crippen MR) is 96.9 cm³/mol. The number of imidazole rings is 1. The average molecular weight is 396 g/mol. The summed E-state index contributed by atoms with van der Waals surface area (Å²) in [6, 6.07) is 1.44. The number of alkyl halides is 3. The van der Waals surface area contributed by atoms with Gasteiger partial charge in [-0.1, -0.05) is 0 Å². The second-order valence-electron chi connectivity index (χ2n) is 8.47. The Balaban J connectivity index is 1.80. The third-order valence-corrected chi connectivity index (χ3v) is 5.27. The zero-order chi connectivity index (χ0) is 20.3. The number of aliphatic hydroxyl groups is 1. The van der Waals surface area contributed by atoms with Crippen LogP contribution in [-0.4, -0.2) is 31.1 Å². The molecule has 1 amide bonds. The molecule has 152 valence electrons. The third kappa shape index (κ3) is 3.72. The summed E-state index contributed by atoms with van der Waals surface area (Å²) in [6.07, 6.45) is -0.682. The van der Waals surface area contributed by atoms with E-state index in [-0.39, 0.29) is 35.5 Å². The number of halogens is 3. The molecule has 0 radical (unpaired) electrons. The van der Waals surface area contributed by atoms with E-state index in [9.17, 15) is 23.1 Å². The fraction of sp³-hybridized carbons (Fsp3) is 0.632. The Kier molecular flexibility index (Phi) is 4.41. The van der Waals surface area contributed by atoms with E-state index in [1.165, 1.54) is 19.9 Å². The van der Waals surface area contributed by atoms with E-state index >= 15 is 0 Å². The quantitative estimate of drug-likeness (QED) is 0.796. The van der Waals surface area contributed by atoms with Gasteiger partial charge in [0.05, 0.1) is 12.0 Å². The van der Waals surface area contributed by atoms with Crippen LogP contribution in [0.25, 0.3) is 11.2 Å². The van der Waals surface area contributed by atoms with Crippen LogP contribution in [0, 0.1) is 0 Å². The van der Waals surface area contributed by atoms with Gasteiger partial charge in [-0.15, -0.1) is 0 Å². The highest BCUT2D eigenvalue weighted by atomic mass is 19.4. The van der Waals surface area contributed by atoms with Gasteiger partial charge in [0.1, 0.15) is 5.52 Å². The summed E-state index contributed by atoms with van der Waals surface area (Å²) in [6.45, 7) is 3.03. The Labute approximate surface area is 160 Å². The number of nitrogens with zero attached hydrogens (tertiary/aromatic N) is 3. The van der Waals surface area contributed by atoms with Crippen LogP contribution in [0.2, 0.25) is 0 Å². The fourth-order valence-electron chi connectivity index (χ4n) is 3.61. The molecule has 28 heavy (non-hydrogen) atoms. The first kappa shape index (κ1) is 19.2. The number of anilines is 1. The number of fused-ring (bicyclic) bond motifs is 1. The van der Waals surface area contributed by atoms with Crippen LogP contribution in [-0.2, 0) is 11.0 Å². The molecule has 0 spiro atoms. The Morgan fingerprint density at radius 2 is 1.93 bits per heavy atom. The molecule has 9 heteroatoms. The van der Waals surface area contributed by atoms with Crippen molar-refractivity contribution in [3.63, 3.8) is 0 Å². The second kappa shape index (κ2) is 6.43. The Morgan fingerprint density at radius 3 is 2.43 bits per heavy atom. The highest BCUT2D eigenvalue weighted by molar-refractivity contribution is 5.91. The molecule has 0 atom stereocenters. The monoisotopic (exact) mass is 396 g/mol. The summed E-state index contributed by atoms with van der Waals surface area (Å²) < 4.78 is 42.4. The minimum Gasteiger partial charge on any atom is -0.390 e. The van der Waals surface area contributed by atoms with Crippen molar-refractivity contribution in [1.82, 2.24) is 14.5 Å². The maximum absolute atomic E-state index is 13.6. The van der Waals surface area contributed by atoms with Crippen LogP contribution in [0.4, 0.5) is 19.1 Å². The zero-order valence-electron chi connectivity index (χ0n) is 15.8. The van der Waals surface area contributed by atoms with Gasteiger partial charge in [0.25, 0.3) is 0 Å². The largest absolute Gasteiger partial charge is 0.433 e. The van der Waals surface area contributed by atoms with Gasteiger partial charge in [-0.25, -0.2) is 9.97 Å². The molecule has 2 aliphatic carbocycles. The number of pyridine rings is 1. The number of aromatic nitrogens is 3. The van der Waals surface area contributed by atoms with Gasteiger partial charge in [0, 0.05) is 6.04 Å². The molecule has 2 heterocycles. The summed E-state index contributed by atoms with van der Waals surface area (Å²) in [4.78, 5) is 20.7. The summed E-state index contributed by atoms with van der Waals surface area (Å²) in [7, 11) is 0. The normalized spacial score (nSPS) is 18.4. The third-order valence-electron chi connectivity index (χ3n) is 5.27. The lowest BCUT2D eigenvalue weighted by Gasteiger charge is -2.29. The number of carbonyl (C=O) groups is 1. The minimum absolute atomic E-state index is 0.0391. The molecule has 2 saturated carbocycles. The SMILES string of the molecule is CC(C)(O)CC(=O)Nc1nc2cc(C3CC3)c(C(F)(F)F)nc2n1C1CCC1. The van der Waals surface area contributed by atoms with Crippen LogP contribution in [0.3, 0.4) is 0 Å². The van der Waals surface area contributed by atoms with Crippen LogP contribution in [0.1, 0.15) is 75.6 Å². The maximum atomic E-state index is 13.6. The van der Waals surface area contributed by atoms with Crippen molar-refractivity contribution >= 4 is 23.0 Å². The van der Waals surface area contributed by atoms with Gasteiger partial charge in [0.15, 0.2) is 11.3 Å². The second-order valence-corrected chi connectivity index (χ2v) is 8.47. The molecule has 0 bridgehead atoms. The van der Waals surface area contributed by atoms with Gasteiger partial charge in [0.2, 0.25) is 11.9 Å². The lowest BCUT2D eigenvalue weighted by molar-refractivity contribution is -0.141. The number of carbonyl (C=O) groups excluding carboxylic acids is 1. The van der Waals surface area contributed by atoms with Gasteiger partial charge in [-0.2, -0.15) is 13.2 Å². The molecule has 4 rings (SSSR count). The molecule has 6 nitrogen and oxygen atoms in total. The molecular formula is C19H23F3N4O2. The van der Waals surface area contributed by atoms with Crippen molar-refractivity contribution in [2.45, 2.75) is 76.1 Å². The van der Waals surface area contributed by atoms with Gasteiger partial charge < -0.3 is 5.11 Å². The van der Waals surface area contributed by atoms with Crippen LogP contribution in [0.15, 0.2) is 6.07 Å². The fourth-order valence-corrected chi connectivity index (χ4v) is 3.61. The summed E-state index contributed by atoms with van der Waals surface area (Å²) >= 11 is 0. The van der Waals surface area contributed by atoms with E-state index in [2.05, 4.69) is 15.3 Å². The lowest BCUT2D eigenvalue weighted by Crippen LogP contribution is -2.29. The molecule has 0 saturated heterocycles. The lowest BCUT2D eigenvalue weighted by atomic mass is 9.93. The van der Waals surface area contributed by atoms with Crippen molar-refractivity contribution in [3.8, 4) is 0 Å². The number of hydrogen-bond donors (Lipinski definition) is 2. The van der Waals surface area contributed by atoms with E-state index < -0.39 is 23.4 Å². The molecule has 0 unspecified atom stereocenters. The molecule has 2 aromatic heterocycles. The molecule has 2 aromatic rings. The minimum atomic E-state index is -4.54.